The van der Waals surface area contributed by atoms with Crippen LogP contribution in [0.1, 0.15) is 113 Å². The molecule has 4 heteroatoms. The molecule has 0 spiro atoms. The monoisotopic (exact) mass is 472 g/mol. The summed E-state index contributed by atoms with van der Waals surface area (Å²) >= 11 is 0. The van der Waals surface area contributed by atoms with Gasteiger partial charge in [0.2, 0.25) is 0 Å². The van der Waals surface area contributed by atoms with E-state index in [2.05, 4.69) is 41.5 Å². The van der Waals surface area contributed by atoms with Gasteiger partial charge in [0, 0.05) is 5.92 Å². The van der Waals surface area contributed by atoms with Crippen LogP contribution in [0.3, 0.4) is 0 Å². The molecule has 0 radical (unpaired) electrons. The Bertz CT molecular complexity index is 913. The number of aliphatic hydroxyl groups is 1. The largest absolute Gasteiger partial charge is 0.481 e. The second-order valence-electron chi connectivity index (χ2n) is 15.1. The molecule has 4 nitrogen and oxygen atoms in total. The molecule has 5 saturated carbocycles. The number of aliphatic hydroxyl groups excluding tert-OH is 1. The quantitative estimate of drug-likeness (QED) is 0.457. The molecule has 0 saturated heterocycles. The smallest absolute Gasteiger partial charge is 0.309 e. The molecule has 34 heavy (non-hydrogen) atoms. The number of rotatable bonds is 1. The lowest BCUT2D eigenvalue weighted by Crippen LogP contribution is -2.68. The molecule has 0 bridgehead atoms. The highest BCUT2D eigenvalue weighted by Gasteiger charge is 2.71. The number of carbonyl (C=O) groups is 2. The van der Waals surface area contributed by atoms with E-state index in [1.165, 1.54) is 12.8 Å². The summed E-state index contributed by atoms with van der Waals surface area (Å²) in [6, 6.07) is 0. The van der Waals surface area contributed by atoms with Crippen LogP contribution in [0, 0.1) is 56.2 Å². The van der Waals surface area contributed by atoms with Crippen molar-refractivity contribution in [3.05, 3.63) is 0 Å². The number of carboxylic acid groups (broad SMARTS) is 1. The Morgan fingerprint density at radius 2 is 1.38 bits per heavy atom. The van der Waals surface area contributed by atoms with Gasteiger partial charge < -0.3 is 10.2 Å². The van der Waals surface area contributed by atoms with Gasteiger partial charge in [0.15, 0.2) is 5.78 Å². The van der Waals surface area contributed by atoms with Gasteiger partial charge in [-0.2, -0.15) is 0 Å². The first-order chi connectivity index (χ1) is 15.6. The first-order valence-electron chi connectivity index (χ1n) is 14.0. The first kappa shape index (κ1) is 24.8. The molecular weight excluding hydrogens is 424 g/mol. The molecule has 0 aromatic heterocycles. The molecule has 2 N–H and O–H groups in total. The van der Waals surface area contributed by atoms with Crippen LogP contribution >= 0.6 is 0 Å². The molecule has 0 aromatic rings. The highest BCUT2D eigenvalue weighted by molar-refractivity contribution is 5.86. The number of ketones is 1. The van der Waals surface area contributed by atoms with Crippen LogP contribution in [-0.2, 0) is 9.59 Å². The molecule has 11 atom stereocenters. The molecular formula is C30H48O4. The van der Waals surface area contributed by atoms with Gasteiger partial charge in [-0.15, -0.1) is 0 Å². The minimum Gasteiger partial charge on any atom is -0.481 e. The minimum absolute atomic E-state index is 0.0262. The number of fused-ring (bicyclic) bond motifs is 7. The zero-order chi connectivity index (χ0) is 25.1. The summed E-state index contributed by atoms with van der Waals surface area (Å²) in [6.07, 6.45) is 9.36. The molecule has 0 unspecified atom stereocenters. The van der Waals surface area contributed by atoms with E-state index in [0.717, 1.165) is 44.9 Å². The Labute approximate surface area is 206 Å². The fourth-order valence-corrected chi connectivity index (χ4v) is 11.2. The molecule has 5 aliphatic carbocycles. The van der Waals surface area contributed by atoms with E-state index in [0.29, 0.717) is 24.2 Å². The van der Waals surface area contributed by atoms with Crippen LogP contribution in [0.4, 0.5) is 0 Å². The molecule has 0 amide bonds. The molecule has 192 valence electrons. The number of Topliss-reactive ketones (excluding diaryl/α,β-unsaturated/α-hetero) is 1. The van der Waals surface area contributed by atoms with Crippen LogP contribution in [0.2, 0.25) is 0 Å². The van der Waals surface area contributed by atoms with E-state index < -0.39 is 17.5 Å². The summed E-state index contributed by atoms with van der Waals surface area (Å²) in [5, 5.41) is 20.9. The molecule has 0 aromatic carbocycles. The van der Waals surface area contributed by atoms with Crippen LogP contribution in [0.15, 0.2) is 0 Å². The van der Waals surface area contributed by atoms with Crippen molar-refractivity contribution < 1.29 is 19.8 Å². The molecule has 5 fully saturated rings. The van der Waals surface area contributed by atoms with Crippen LogP contribution in [-0.4, -0.2) is 28.1 Å². The Balaban J connectivity index is 1.55. The van der Waals surface area contributed by atoms with Gasteiger partial charge in [0.1, 0.15) is 6.10 Å². The summed E-state index contributed by atoms with van der Waals surface area (Å²) in [5.74, 6) is 0.720. The van der Waals surface area contributed by atoms with Crippen LogP contribution in [0.5, 0.6) is 0 Å². The van der Waals surface area contributed by atoms with Crippen molar-refractivity contribution in [3.63, 3.8) is 0 Å². The topological polar surface area (TPSA) is 74.6 Å². The van der Waals surface area contributed by atoms with E-state index in [-0.39, 0.29) is 38.8 Å². The van der Waals surface area contributed by atoms with Crippen molar-refractivity contribution in [1.29, 1.82) is 0 Å². The first-order valence-corrected chi connectivity index (χ1v) is 14.0. The molecule has 5 aliphatic rings. The third-order valence-corrected chi connectivity index (χ3v) is 14.1. The summed E-state index contributed by atoms with van der Waals surface area (Å²) in [6.45, 7) is 16.4. The number of carboxylic acids is 1. The van der Waals surface area contributed by atoms with Gasteiger partial charge in [-0.25, -0.2) is 0 Å². The third-order valence-electron chi connectivity index (χ3n) is 14.1. The lowest BCUT2D eigenvalue weighted by molar-refractivity contribution is -0.260. The summed E-state index contributed by atoms with van der Waals surface area (Å²) in [7, 11) is 0. The summed E-state index contributed by atoms with van der Waals surface area (Å²) in [5.41, 5.74) is 0.0155. The predicted octanol–water partition coefficient (Wildman–Crippen LogP) is 6.49. The van der Waals surface area contributed by atoms with E-state index in [1.54, 1.807) is 0 Å². The Kier molecular flexibility index (Phi) is 5.18. The maximum Gasteiger partial charge on any atom is 0.309 e. The van der Waals surface area contributed by atoms with Crippen molar-refractivity contribution >= 4 is 11.8 Å². The van der Waals surface area contributed by atoms with Crippen molar-refractivity contribution in [3.8, 4) is 0 Å². The van der Waals surface area contributed by atoms with Gasteiger partial charge in [-0.1, -0.05) is 41.5 Å². The minimum atomic E-state index is -0.811. The second-order valence-corrected chi connectivity index (χ2v) is 15.1. The van der Waals surface area contributed by atoms with Crippen molar-refractivity contribution in [1.82, 2.24) is 0 Å². The summed E-state index contributed by atoms with van der Waals surface area (Å²) in [4.78, 5) is 25.1. The van der Waals surface area contributed by atoms with Crippen LogP contribution in [0.25, 0.3) is 0 Å². The maximum absolute atomic E-state index is 12.8. The number of aliphatic carboxylic acids is 1. The Morgan fingerprint density at radius 1 is 0.794 bits per heavy atom. The van der Waals surface area contributed by atoms with Crippen molar-refractivity contribution in [2.45, 2.75) is 119 Å². The van der Waals surface area contributed by atoms with Gasteiger partial charge >= 0.3 is 5.97 Å². The predicted molar refractivity (Wildman–Crippen MR) is 133 cm³/mol. The Morgan fingerprint density at radius 3 is 2.03 bits per heavy atom. The van der Waals surface area contributed by atoms with Gasteiger partial charge in [-0.3, -0.25) is 9.59 Å². The maximum atomic E-state index is 12.8. The molecule has 0 aliphatic heterocycles. The zero-order valence-electron chi connectivity index (χ0n) is 22.7. The highest BCUT2D eigenvalue weighted by atomic mass is 16.4. The highest BCUT2D eigenvalue weighted by Crippen LogP contribution is 2.78. The van der Waals surface area contributed by atoms with E-state index in [4.69, 9.17) is 0 Å². The van der Waals surface area contributed by atoms with E-state index >= 15 is 0 Å². The van der Waals surface area contributed by atoms with Gasteiger partial charge in [-0.05, 0) is 116 Å². The van der Waals surface area contributed by atoms with Gasteiger partial charge in [0.25, 0.3) is 0 Å². The van der Waals surface area contributed by atoms with E-state index in [9.17, 15) is 19.8 Å². The lowest BCUT2D eigenvalue weighted by atomic mass is 9.30. The lowest BCUT2D eigenvalue weighted by Gasteiger charge is -2.74. The SMILES string of the molecule is C[C@H]1C(=O)[C@H](O)C[C@@H]2[C@]1(C)CC[C@H]1[C@@]2(C)CC[C@@]2(C)[C@@H]3C[C@](C)(C(=O)O)CC[C@]3(C)CC[C@]12C. The molecule has 0 heterocycles. The average molecular weight is 473 g/mol. The zero-order valence-corrected chi connectivity index (χ0v) is 22.7. The standard InChI is InChI=1S/C30H48O4/c1-18-23(32)19(31)16-21-27(18,4)9-8-20-28(21,5)13-15-30(7)22-17-26(3,24(33)34)11-10-25(22,2)12-14-29(20,30)6/h18-22,31H,8-17H2,1-7H3,(H,33,34)/t18-,19+,20-,21+,22+,25+,26+,27+,28+,29+,30-/m0/s1. The second kappa shape index (κ2) is 7.11. The third kappa shape index (κ3) is 2.81. The average Bonchev–Trinajstić information content (AvgIpc) is 2.77. The van der Waals surface area contributed by atoms with Crippen LogP contribution < -0.4 is 0 Å². The van der Waals surface area contributed by atoms with Crippen molar-refractivity contribution in [2.24, 2.45) is 56.2 Å². The number of carbonyl (C=O) groups excluding carboxylic acids is 1. The molecule has 5 rings (SSSR count). The van der Waals surface area contributed by atoms with Crippen molar-refractivity contribution in [2.75, 3.05) is 0 Å². The Hall–Kier alpha value is -0.900. The number of hydrogen-bond donors (Lipinski definition) is 2. The van der Waals surface area contributed by atoms with E-state index in [1.807, 2.05) is 6.92 Å². The fourth-order valence-electron chi connectivity index (χ4n) is 11.2. The number of hydrogen-bond acceptors (Lipinski definition) is 3. The van der Waals surface area contributed by atoms with Gasteiger partial charge in [0.05, 0.1) is 5.41 Å². The normalized spacial score (nSPS) is 59.3. The fraction of sp³-hybridized carbons (Fsp3) is 0.933. The summed E-state index contributed by atoms with van der Waals surface area (Å²) < 4.78 is 0.